The van der Waals surface area contributed by atoms with Gasteiger partial charge in [0.1, 0.15) is 23.2 Å². The number of furan rings is 1. The van der Waals surface area contributed by atoms with Crippen LogP contribution in [-0.4, -0.2) is 19.0 Å². The Balaban J connectivity index is 1.78. The number of rotatable bonds is 5. The number of carbonyl (C=O) groups excluding carboxylic acids is 2. The molecular weight excluding hydrogens is 368 g/mol. The summed E-state index contributed by atoms with van der Waals surface area (Å²) in [5, 5.41) is 12.1. The first-order chi connectivity index (χ1) is 14.0. The zero-order chi connectivity index (χ0) is 20.8. The van der Waals surface area contributed by atoms with Crippen LogP contribution in [0.25, 0.3) is 17.4 Å². The van der Waals surface area contributed by atoms with E-state index in [0.717, 1.165) is 11.1 Å². The van der Waals surface area contributed by atoms with Crippen molar-refractivity contribution >= 4 is 23.6 Å². The van der Waals surface area contributed by atoms with Crippen molar-refractivity contribution in [1.29, 1.82) is 5.26 Å². The number of nitriles is 1. The minimum atomic E-state index is -0.512. The van der Waals surface area contributed by atoms with Gasteiger partial charge in [-0.15, -0.1) is 0 Å². The SMILES string of the molecule is COC(=O)c1ccc(-c2ccc(/C=C(/C#N)C(=O)Nc3ccccc3C)o2)cc1. The van der Waals surface area contributed by atoms with Gasteiger partial charge in [-0.05, 0) is 42.8 Å². The Morgan fingerprint density at radius 1 is 1.07 bits per heavy atom. The largest absolute Gasteiger partial charge is 0.465 e. The quantitative estimate of drug-likeness (QED) is 0.393. The number of hydrogen-bond donors (Lipinski definition) is 1. The van der Waals surface area contributed by atoms with Crippen LogP contribution >= 0.6 is 0 Å². The van der Waals surface area contributed by atoms with Crippen LogP contribution in [0.15, 0.2) is 70.7 Å². The van der Waals surface area contributed by atoms with Gasteiger partial charge in [-0.1, -0.05) is 30.3 Å². The lowest BCUT2D eigenvalue weighted by Crippen LogP contribution is -2.14. The zero-order valence-electron chi connectivity index (χ0n) is 15.9. The second-order valence-electron chi connectivity index (χ2n) is 6.21. The molecule has 0 saturated carbocycles. The fraction of sp³-hybridized carbons (Fsp3) is 0.0870. The summed E-state index contributed by atoms with van der Waals surface area (Å²) in [5.74, 6) is -0.0158. The molecule has 1 heterocycles. The fourth-order valence-corrected chi connectivity index (χ4v) is 2.67. The summed E-state index contributed by atoms with van der Waals surface area (Å²) in [6.07, 6.45) is 1.39. The molecule has 2 aromatic carbocycles. The molecule has 6 nitrogen and oxygen atoms in total. The van der Waals surface area contributed by atoms with Crippen molar-refractivity contribution in [2.45, 2.75) is 6.92 Å². The Kier molecular flexibility index (Phi) is 5.91. The van der Waals surface area contributed by atoms with E-state index in [4.69, 9.17) is 4.42 Å². The molecule has 3 aromatic rings. The first-order valence-corrected chi connectivity index (χ1v) is 8.79. The molecule has 29 heavy (non-hydrogen) atoms. The molecule has 0 aliphatic rings. The van der Waals surface area contributed by atoms with Crippen molar-refractivity contribution in [3.05, 3.63) is 83.1 Å². The van der Waals surface area contributed by atoms with Gasteiger partial charge in [0.2, 0.25) is 0 Å². The number of esters is 1. The van der Waals surface area contributed by atoms with Gasteiger partial charge in [-0.25, -0.2) is 4.79 Å². The minimum Gasteiger partial charge on any atom is -0.465 e. The van der Waals surface area contributed by atoms with Crippen molar-refractivity contribution in [1.82, 2.24) is 0 Å². The topological polar surface area (TPSA) is 92.3 Å². The fourth-order valence-electron chi connectivity index (χ4n) is 2.67. The number of nitrogens with one attached hydrogen (secondary N) is 1. The minimum absolute atomic E-state index is 0.0739. The maximum absolute atomic E-state index is 12.4. The molecule has 0 unspecified atom stereocenters. The summed E-state index contributed by atoms with van der Waals surface area (Å²) in [6.45, 7) is 1.87. The number of hydrogen-bond acceptors (Lipinski definition) is 5. The molecule has 0 atom stereocenters. The average Bonchev–Trinajstić information content (AvgIpc) is 3.21. The van der Waals surface area contributed by atoms with E-state index in [2.05, 4.69) is 10.1 Å². The second-order valence-corrected chi connectivity index (χ2v) is 6.21. The highest BCUT2D eigenvalue weighted by molar-refractivity contribution is 6.09. The Hall–Kier alpha value is -4.11. The third-order valence-corrected chi connectivity index (χ3v) is 4.26. The van der Waals surface area contributed by atoms with Gasteiger partial charge in [0.25, 0.3) is 5.91 Å². The molecular formula is C23H18N2O4. The Bertz CT molecular complexity index is 1120. The molecule has 3 rings (SSSR count). The number of amides is 1. The van der Waals surface area contributed by atoms with Crippen LogP contribution in [0.3, 0.4) is 0 Å². The van der Waals surface area contributed by atoms with E-state index in [1.54, 1.807) is 42.5 Å². The van der Waals surface area contributed by atoms with Crippen molar-refractivity contribution < 1.29 is 18.7 Å². The van der Waals surface area contributed by atoms with E-state index in [-0.39, 0.29) is 5.57 Å². The lowest BCUT2D eigenvalue weighted by molar-refractivity contribution is -0.112. The van der Waals surface area contributed by atoms with Crippen LogP contribution in [0.5, 0.6) is 0 Å². The van der Waals surface area contributed by atoms with Crippen molar-refractivity contribution in [3.63, 3.8) is 0 Å². The highest BCUT2D eigenvalue weighted by atomic mass is 16.5. The Morgan fingerprint density at radius 3 is 2.45 bits per heavy atom. The number of benzene rings is 2. The maximum atomic E-state index is 12.4. The first-order valence-electron chi connectivity index (χ1n) is 8.79. The van der Waals surface area contributed by atoms with Gasteiger partial charge in [-0.2, -0.15) is 5.26 Å². The number of methoxy groups -OCH3 is 1. The van der Waals surface area contributed by atoms with E-state index in [1.807, 2.05) is 31.2 Å². The highest BCUT2D eigenvalue weighted by Crippen LogP contribution is 2.24. The number of carbonyl (C=O) groups is 2. The molecule has 1 aromatic heterocycles. The van der Waals surface area contributed by atoms with E-state index < -0.39 is 11.9 Å². The van der Waals surface area contributed by atoms with Gasteiger partial charge in [0, 0.05) is 17.3 Å². The third-order valence-electron chi connectivity index (χ3n) is 4.26. The van der Waals surface area contributed by atoms with Gasteiger partial charge >= 0.3 is 5.97 Å². The molecule has 0 saturated heterocycles. The van der Waals surface area contributed by atoms with Gasteiger partial charge in [0.05, 0.1) is 12.7 Å². The normalized spacial score (nSPS) is 10.9. The predicted molar refractivity (Wildman–Crippen MR) is 109 cm³/mol. The third kappa shape index (κ3) is 4.60. The van der Waals surface area contributed by atoms with Crippen molar-refractivity contribution in [2.75, 3.05) is 12.4 Å². The Labute approximate surface area is 168 Å². The van der Waals surface area contributed by atoms with Crippen LogP contribution in [-0.2, 0) is 9.53 Å². The summed E-state index contributed by atoms with van der Waals surface area (Å²) in [4.78, 5) is 23.9. The van der Waals surface area contributed by atoms with Crippen LogP contribution in [0.1, 0.15) is 21.7 Å². The van der Waals surface area contributed by atoms with E-state index in [0.29, 0.717) is 22.8 Å². The van der Waals surface area contributed by atoms with E-state index >= 15 is 0 Å². The molecule has 1 N–H and O–H groups in total. The van der Waals surface area contributed by atoms with Crippen LogP contribution < -0.4 is 5.32 Å². The lowest BCUT2D eigenvalue weighted by Gasteiger charge is -2.06. The van der Waals surface area contributed by atoms with E-state index in [1.165, 1.54) is 13.2 Å². The summed E-state index contributed by atoms with van der Waals surface area (Å²) in [7, 11) is 1.32. The highest BCUT2D eigenvalue weighted by Gasteiger charge is 2.13. The second kappa shape index (κ2) is 8.72. The monoisotopic (exact) mass is 386 g/mol. The van der Waals surface area contributed by atoms with E-state index in [9.17, 15) is 14.9 Å². The molecule has 1 amide bonds. The molecule has 0 bridgehead atoms. The van der Waals surface area contributed by atoms with Gasteiger partial charge in [0.15, 0.2) is 0 Å². The van der Waals surface area contributed by atoms with Crippen LogP contribution in [0.2, 0.25) is 0 Å². The average molecular weight is 386 g/mol. The van der Waals surface area contributed by atoms with Gasteiger partial charge < -0.3 is 14.5 Å². The van der Waals surface area contributed by atoms with Crippen LogP contribution in [0.4, 0.5) is 5.69 Å². The molecule has 144 valence electrons. The van der Waals surface area contributed by atoms with Crippen molar-refractivity contribution in [2.24, 2.45) is 0 Å². The standard InChI is InChI=1S/C23H18N2O4/c1-15-5-3-4-6-20(15)25-22(26)18(14-24)13-19-11-12-21(29-19)16-7-9-17(10-8-16)23(27)28-2/h3-13H,1-2H3,(H,25,26)/b18-13-. The first kappa shape index (κ1) is 19.6. The van der Waals surface area contributed by atoms with Gasteiger partial charge in [-0.3, -0.25) is 4.79 Å². The number of aryl methyl sites for hydroxylation is 1. The summed E-state index contributed by atoms with van der Waals surface area (Å²) in [6, 6.07) is 19.3. The predicted octanol–water partition coefficient (Wildman–Crippen LogP) is 4.59. The molecule has 0 aliphatic carbocycles. The Morgan fingerprint density at radius 2 is 1.79 bits per heavy atom. The smallest absolute Gasteiger partial charge is 0.337 e. The molecule has 0 radical (unpaired) electrons. The number of nitrogens with zero attached hydrogens (tertiary/aromatic N) is 1. The number of anilines is 1. The summed E-state index contributed by atoms with van der Waals surface area (Å²) >= 11 is 0. The van der Waals surface area contributed by atoms with Crippen LogP contribution in [0, 0.1) is 18.3 Å². The lowest BCUT2D eigenvalue weighted by atomic mass is 10.1. The molecule has 0 spiro atoms. The zero-order valence-corrected chi connectivity index (χ0v) is 15.9. The molecule has 0 fully saturated rings. The maximum Gasteiger partial charge on any atom is 0.337 e. The molecule has 6 heteroatoms. The number of ether oxygens (including phenoxy) is 1. The molecule has 0 aliphatic heterocycles. The number of para-hydroxylation sites is 1. The summed E-state index contributed by atoms with van der Waals surface area (Å²) < 4.78 is 10.4. The van der Waals surface area contributed by atoms with Crippen molar-refractivity contribution in [3.8, 4) is 17.4 Å². The summed E-state index contributed by atoms with van der Waals surface area (Å²) in [5.41, 5.74) is 2.65.